The molecule has 0 aliphatic carbocycles. The Kier molecular flexibility index (Phi) is 19.0. The Bertz CT molecular complexity index is 5460. The summed E-state index contributed by atoms with van der Waals surface area (Å²) in [7, 11) is 4.00. The van der Waals surface area contributed by atoms with E-state index in [0.29, 0.717) is 0 Å². The summed E-state index contributed by atoms with van der Waals surface area (Å²) < 4.78 is 4.57. The molecule has 0 radical (unpaired) electrons. The SMILES string of the molecule is CCc1cccc(CC)c1-c1cn2c3ccc4cc5ccccc5cc4c3c3ccc[c-]c3c2n1.CCc1cccc(CC)c1-c1cn2c3ccc4ccc5ccccc5c4c3c3ccc[c-]c3c2n1.CN1C=CN(c2[c-]cccc2)[CH-]1.CN1C=CN(c2[c-]cccc2)[CH-]1.[Ir+3].[Ir+3]. The van der Waals surface area contributed by atoms with Crippen LogP contribution in [0.2, 0.25) is 0 Å². The fourth-order valence-electron chi connectivity index (χ4n) is 13.8. The average molecular weight is 1600 g/mol. The van der Waals surface area contributed by atoms with Crippen molar-refractivity contribution in [1.29, 1.82) is 0 Å². The van der Waals surface area contributed by atoms with E-state index in [9.17, 15) is 0 Å². The van der Waals surface area contributed by atoms with Crippen molar-refractivity contribution in [1.82, 2.24) is 28.6 Å². The summed E-state index contributed by atoms with van der Waals surface area (Å²) in [5, 5.41) is 17.2. The molecule has 0 fully saturated rings. The van der Waals surface area contributed by atoms with Crippen LogP contribution in [0.15, 0.2) is 256 Å². The molecule has 2 aliphatic rings. The van der Waals surface area contributed by atoms with Crippen LogP contribution in [0.4, 0.5) is 11.4 Å². The molecule has 0 atom stereocenters. The maximum absolute atomic E-state index is 5.25. The van der Waals surface area contributed by atoms with Crippen LogP contribution < -0.4 is 9.80 Å². The molecular weight excluding hydrogens is 1530 g/mol. The third-order valence-electron chi connectivity index (χ3n) is 18.4. The Hall–Kier alpha value is -9.92. The first-order valence-electron chi connectivity index (χ1n) is 32.6. The van der Waals surface area contributed by atoms with Crippen LogP contribution in [0.25, 0.3) is 120 Å². The quantitative estimate of drug-likeness (QED) is 0.0858. The third kappa shape index (κ3) is 12.1. The number of pyridine rings is 2. The molecule has 0 saturated heterocycles. The number of hydrogen-bond donors (Lipinski definition) is 0. The first-order chi connectivity index (χ1) is 46.3. The zero-order valence-corrected chi connectivity index (χ0v) is 59.3. The van der Waals surface area contributed by atoms with Crippen molar-refractivity contribution in [2.75, 3.05) is 23.9 Å². The van der Waals surface area contributed by atoms with Crippen molar-refractivity contribution in [3.8, 4) is 22.5 Å². The Balaban J connectivity index is 0.000000128. The van der Waals surface area contributed by atoms with Gasteiger partial charge in [0, 0.05) is 34.6 Å². The van der Waals surface area contributed by atoms with E-state index in [4.69, 9.17) is 9.97 Å². The molecular formula is C86H70Ir2N8. The fourth-order valence-corrected chi connectivity index (χ4v) is 13.8. The van der Waals surface area contributed by atoms with Gasteiger partial charge in [0.1, 0.15) is 0 Å². The van der Waals surface area contributed by atoms with Gasteiger partial charge in [-0.25, -0.2) is 0 Å². The van der Waals surface area contributed by atoms with Gasteiger partial charge in [0.05, 0.1) is 22.7 Å². The molecule has 12 aromatic carbocycles. The smallest absolute Gasteiger partial charge is 0.510 e. The number of rotatable bonds is 8. The first kappa shape index (κ1) is 64.8. The molecule has 4 aromatic heterocycles. The van der Waals surface area contributed by atoms with Gasteiger partial charge in [-0.3, -0.25) is 9.97 Å². The van der Waals surface area contributed by atoms with Crippen LogP contribution in [0.1, 0.15) is 49.9 Å². The van der Waals surface area contributed by atoms with Gasteiger partial charge in [-0.05, 0) is 165 Å². The van der Waals surface area contributed by atoms with Crippen molar-refractivity contribution in [3.63, 3.8) is 0 Å². The molecule has 10 heteroatoms. The number of aromatic nitrogens is 4. The zero-order chi connectivity index (χ0) is 63.8. The van der Waals surface area contributed by atoms with Crippen molar-refractivity contribution in [3.05, 3.63) is 315 Å². The summed E-state index contributed by atoms with van der Waals surface area (Å²) in [6.07, 6.45) is 16.4. The third-order valence-corrected chi connectivity index (χ3v) is 18.4. The van der Waals surface area contributed by atoms with Gasteiger partial charge in [0.15, 0.2) is 0 Å². The van der Waals surface area contributed by atoms with Crippen LogP contribution in [0.3, 0.4) is 0 Å². The summed E-state index contributed by atoms with van der Waals surface area (Å²) in [6, 6.07) is 90.5. The zero-order valence-electron chi connectivity index (χ0n) is 54.5. The second kappa shape index (κ2) is 28.2. The Morgan fingerprint density at radius 1 is 0.354 bits per heavy atom. The standard InChI is InChI=1S/2C33H25N2.2C10H10N2.2Ir/c1-3-21-11-9-12-22(4-2)30(21)28-20-35-29-19-18-24-17-16-23-10-5-6-13-25(23)31(24)32(29)26-14-7-8-15-27(26)33(35)34-28;1-3-21-12-9-13-22(4-2)31(21)29-20-35-30-17-16-25-18-23-10-5-6-11-24(23)19-28(25)32(30)26-14-7-8-15-27(26)33(35)34-29;2*1-11-7-8-12(9-11)10-5-3-2-4-6-10;;/h2*5-14,16-20H,3-4H2,1-2H3;2*2-5,7-9H,1H3;;/q2*-1;2*-2;2*+3. The number of aryl methyl sites for hydroxylation is 4. The van der Waals surface area contributed by atoms with Gasteiger partial charge in [-0.2, -0.15) is 74.0 Å². The molecule has 0 N–H and O–H groups in total. The topological polar surface area (TPSA) is 47.6 Å². The summed E-state index contributed by atoms with van der Waals surface area (Å²) in [5.74, 6) is 0. The van der Waals surface area contributed by atoms with Crippen LogP contribution in [0, 0.1) is 37.6 Å². The molecule has 0 amide bonds. The molecule has 96 heavy (non-hydrogen) atoms. The van der Waals surface area contributed by atoms with E-state index in [1.807, 2.05) is 132 Å². The number of para-hydroxylation sites is 2. The number of nitrogens with zero attached hydrogens (tertiary/aromatic N) is 8. The van der Waals surface area contributed by atoms with Crippen LogP contribution in [0.5, 0.6) is 0 Å². The summed E-state index contributed by atoms with van der Waals surface area (Å²) in [4.78, 5) is 18.5. The van der Waals surface area contributed by atoms with Gasteiger partial charge < -0.3 is 28.4 Å². The number of fused-ring (bicyclic) bond motifs is 19. The second-order valence-electron chi connectivity index (χ2n) is 24.1. The second-order valence-corrected chi connectivity index (χ2v) is 24.1. The molecule has 472 valence electrons. The Morgan fingerprint density at radius 3 is 1.27 bits per heavy atom. The normalized spacial score (nSPS) is 12.6. The molecule has 0 spiro atoms. The van der Waals surface area contributed by atoms with E-state index in [1.165, 1.54) is 109 Å². The van der Waals surface area contributed by atoms with Crippen LogP contribution in [-0.2, 0) is 65.9 Å². The molecule has 0 unspecified atom stereocenters. The largest absolute Gasteiger partial charge is 3.00 e. The van der Waals surface area contributed by atoms with E-state index < -0.39 is 0 Å². The van der Waals surface area contributed by atoms with Gasteiger partial charge in [-0.15, -0.1) is 70.7 Å². The van der Waals surface area contributed by atoms with Gasteiger partial charge >= 0.3 is 40.2 Å². The van der Waals surface area contributed by atoms with E-state index in [-0.39, 0.29) is 40.2 Å². The van der Waals surface area contributed by atoms with Gasteiger partial charge in [0.2, 0.25) is 0 Å². The van der Waals surface area contributed by atoms with Crippen molar-refractivity contribution < 1.29 is 40.2 Å². The van der Waals surface area contributed by atoms with Gasteiger partial charge in [0.25, 0.3) is 0 Å². The van der Waals surface area contributed by atoms with Crippen LogP contribution in [-0.4, -0.2) is 42.7 Å². The van der Waals surface area contributed by atoms with Gasteiger partial charge in [-0.1, -0.05) is 148 Å². The van der Waals surface area contributed by atoms with Crippen molar-refractivity contribution in [2.45, 2.75) is 53.4 Å². The maximum Gasteiger partial charge on any atom is 3.00 e. The Labute approximate surface area is 588 Å². The molecule has 16 aromatic rings. The predicted octanol–water partition coefficient (Wildman–Crippen LogP) is 20.7. The minimum Gasteiger partial charge on any atom is -0.510 e. The number of anilines is 2. The minimum absolute atomic E-state index is 0. The van der Waals surface area contributed by atoms with Crippen molar-refractivity contribution in [2.24, 2.45) is 0 Å². The summed E-state index contributed by atoms with van der Waals surface area (Å²) in [5.41, 5.74) is 16.5. The van der Waals surface area contributed by atoms with E-state index in [2.05, 4.69) is 231 Å². The van der Waals surface area contributed by atoms with E-state index in [1.54, 1.807) is 0 Å². The fraction of sp³-hybridized carbons (Fsp3) is 0.116. The first-order valence-corrected chi connectivity index (χ1v) is 32.6. The average Bonchev–Trinajstić information content (AvgIpc) is 1.40. The molecule has 18 rings (SSSR count). The Morgan fingerprint density at radius 2 is 0.781 bits per heavy atom. The molecule has 0 bridgehead atoms. The minimum atomic E-state index is 0. The predicted molar refractivity (Wildman–Crippen MR) is 394 cm³/mol. The monoisotopic (exact) mass is 1600 g/mol. The number of imidazole rings is 2. The summed E-state index contributed by atoms with van der Waals surface area (Å²) in [6.45, 7) is 12.9. The maximum atomic E-state index is 5.25. The van der Waals surface area contributed by atoms with Crippen LogP contribution >= 0.6 is 0 Å². The summed E-state index contributed by atoms with van der Waals surface area (Å²) >= 11 is 0. The van der Waals surface area contributed by atoms with E-state index >= 15 is 0 Å². The van der Waals surface area contributed by atoms with Crippen molar-refractivity contribution >= 4 is 109 Å². The van der Waals surface area contributed by atoms with E-state index in [0.717, 1.165) is 70.5 Å². The number of benzene rings is 12. The number of hydrogen-bond acceptors (Lipinski definition) is 6. The molecule has 0 saturated carbocycles. The molecule has 6 heterocycles. The molecule has 2 aliphatic heterocycles. The molecule has 8 nitrogen and oxygen atoms in total.